The molecule has 2 heterocycles. The second kappa shape index (κ2) is 11.2. The highest BCUT2D eigenvalue weighted by Gasteiger charge is 2.19. The van der Waals surface area contributed by atoms with Crippen LogP contribution in [0.3, 0.4) is 0 Å². The average molecular weight is 405 g/mol. The van der Waals surface area contributed by atoms with Crippen LogP contribution in [0.5, 0.6) is 0 Å². The van der Waals surface area contributed by atoms with Crippen LogP contribution in [0.2, 0.25) is 0 Å². The number of ether oxygens (including phenoxy) is 1. The number of allylic oxidation sites excluding steroid dienone is 8. The van der Waals surface area contributed by atoms with Crippen LogP contribution in [-0.2, 0) is 9.53 Å². The Morgan fingerprint density at radius 3 is 2.70 bits per heavy atom. The molecular formula is C24H27N3O3. The van der Waals surface area contributed by atoms with Crippen molar-refractivity contribution in [1.29, 1.82) is 5.41 Å². The first-order valence-electron chi connectivity index (χ1n) is 10.3. The minimum Gasteiger partial charge on any atom is -0.381 e. The van der Waals surface area contributed by atoms with Gasteiger partial charge in [-0.05, 0) is 61.5 Å². The fourth-order valence-corrected chi connectivity index (χ4v) is 3.57. The van der Waals surface area contributed by atoms with Gasteiger partial charge in [-0.1, -0.05) is 30.4 Å². The Morgan fingerprint density at radius 1 is 1.20 bits per heavy atom. The van der Waals surface area contributed by atoms with E-state index in [1.165, 1.54) is 12.3 Å². The molecule has 1 aliphatic heterocycles. The maximum atomic E-state index is 13.4. The first-order chi connectivity index (χ1) is 14.7. The molecule has 1 fully saturated rings. The van der Waals surface area contributed by atoms with Gasteiger partial charge in [-0.15, -0.1) is 0 Å². The third-order valence-corrected chi connectivity index (χ3v) is 5.18. The van der Waals surface area contributed by atoms with Crippen LogP contribution in [0, 0.1) is 5.41 Å². The molecule has 0 bridgehead atoms. The summed E-state index contributed by atoms with van der Waals surface area (Å²) in [7, 11) is 0. The lowest BCUT2D eigenvalue weighted by Gasteiger charge is -2.24. The zero-order valence-electron chi connectivity index (χ0n) is 17.0. The Morgan fingerprint density at radius 2 is 1.97 bits per heavy atom. The number of carbonyl (C=O) groups excluding carboxylic acids is 1. The fraction of sp³-hybridized carbons (Fsp3) is 0.333. The standard InChI is InChI=1S/C24H27N3O3/c25-17-20(8-5-6-12-28)15-19-7-3-1-2-4-9-23-22(16-19)24(29)27(18-26-23)21-10-13-30-14-11-21/h3-9,12,16-18,21,25H,1-2,10-11,13-15H2/b6-5+,7-3+,9-4+,19-16+,20-8-,25-17?. The number of aldehydes is 1. The highest BCUT2D eigenvalue weighted by Crippen LogP contribution is 2.22. The molecule has 6 heteroatoms. The van der Waals surface area contributed by atoms with Crippen LogP contribution in [0.4, 0.5) is 0 Å². The van der Waals surface area contributed by atoms with E-state index in [9.17, 15) is 9.59 Å². The van der Waals surface area contributed by atoms with E-state index in [2.05, 4.69) is 11.1 Å². The molecule has 1 N–H and O–H groups in total. The van der Waals surface area contributed by atoms with Crippen LogP contribution < -0.4 is 5.56 Å². The Bertz CT molecular complexity index is 974. The molecule has 2 aliphatic rings. The van der Waals surface area contributed by atoms with Crippen molar-refractivity contribution in [2.24, 2.45) is 0 Å². The van der Waals surface area contributed by atoms with Gasteiger partial charge in [0.05, 0.1) is 17.6 Å². The number of hydrogen-bond acceptors (Lipinski definition) is 5. The summed E-state index contributed by atoms with van der Waals surface area (Å²) < 4.78 is 7.17. The number of nitrogens with zero attached hydrogens (tertiary/aromatic N) is 2. The molecule has 0 radical (unpaired) electrons. The fourth-order valence-electron chi connectivity index (χ4n) is 3.57. The number of hydrogen-bond donors (Lipinski definition) is 1. The lowest BCUT2D eigenvalue weighted by Crippen LogP contribution is -2.31. The number of rotatable bonds is 6. The molecule has 1 saturated heterocycles. The van der Waals surface area contributed by atoms with Crippen LogP contribution >= 0.6 is 0 Å². The predicted octanol–water partition coefficient (Wildman–Crippen LogP) is 4.06. The third-order valence-electron chi connectivity index (χ3n) is 5.18. The summed E-state index contributed by atoms with van der Waals surface area (Å²) in [5, 5.41) is 7.68. The highest BCUT2D eigenvalue weighted by atomic mass is 16.5. The summed E-state index contributed by atoms with van der Waals surface area (Å²) in [5.74, 6) is 0. The number of carbonyl (C=O) groups is 1. The van der Waals surface area contributed by atoms with Gasteiger partial charge in [-0.25, -0.2) is 4.98 Å². The molecule has 6 nitrogen and oxygen atoms in total. The van der Waals surface area contributed by atoms with E-state index in [1.807, 2.05) is 24.3 Å². The molecule has 1 aliphatic carbocycles. The topological polar surface area (TPSA) is 85.0 Å². The van der Waals surface area contributed by atoms with Crippen molar-refractivity contribution in [3.63, 3.8) is 0 Å². The third kappa shape index (κ3) is 5.70. The van der Waals surface area contributed by atoms with Crippen molar-refractivity contribution in [2.45, 2.75) is 38.1 Å². The SMILES string of the molecule is N=C/C(=C\C=C\C=O)CC1=C/c2c(ncn(C3CCOCC3)c2=O)/C=C/CC\C=C\1. The van der Waals surface area contributed by atoms with Gasteiger partial charge in [0, 0.05) is 25.5 Å². The van der Waals surface area contributed by atoms with Gasteiger partial charge < -0.3 is 10.1 Å². The Hall–Kier alpha value is -3.12. The van der Waals surface area contributed by atoms with E-state index in [4.69, 9.17) is 10.1 Å². The van der Waals surface area contributed by atoms with E-state index in [-0.39, 0.29) is 11.6 Å². The smallest absolute Gasteiger partial charge is 0.261 e. The van der Waals surface area contributed by atoms with Gasteiger partial charge >= 0.3 is 0 Å². The molecule has 0 atom stereocenters. The van der Waals surface area contributed by atoms with E-state index < -0.39 is 0 Å². The molecule has 0 spiro atoms. The number of nitrogens with one attached hydrogen (secondary N) is 1. The molecule has 0 saturated carbocycles. The molecule has 1 aromatic rings. The van der Waals surface area contributed by atoms with Gasteiger partial charge in [0.2, 0.25) is 0 Å². The molecule has 156 valence electrons. The maximum Gasteiger partial charge on any atom is 0.261 e. The lowest BCUT2D eigenvalue weighted by molar-refractivity contribution is -0.104. The first-order valence-corrected chi connectivity index (χ1v) is 10.3. The summed E-state index contributed by atoms with van der Waals surface area (Å²) in [4.78, 5) is 28.4. The molecular weight excluding hydrogens is 378 g/mol. The summed E-state index contributed by atoms with van der Waals surface area (Å²) in [6.45, 7) is 1.30. The Labute approximate surface area is 176 Å². The van der Waals surface area contributed by atoms with Gasteiger partial charge in [0.25, 0.3) is 5.56 Å². The summed E-state index contributed by atoms with van der Waals surface area (Å²) >= 11 is 0. The minimum absolute atomic E-state index is 0.0516. The molecule has 0 aromatic carbocycles. The highest BCUT2D eigenvalue weighted by molar-refractivity contribution is 5.79. The van der Waals surface area contributed by atoms with Crippen LogP contribution in [0.1, 0.15) is 49.4 Å². The second-order valence-electron chi connectivity index (χ2n) is 7.28. The number of fused-ring (bicyclic) bond motifs is 1. The van der Waals surface area contributed by atoms with Gasteiger partial charge in [-0.2, -0.15) is 0 Å². The lowest BCUT2D eigenvalue weighted by atomic mass is 10.00. The largest absolute Gasteiger partial charge is 0.381 e. The monoisotopic (exact) mass is 405 g/mol. The van der Waals surface area contributed by atoms with Gasteiger partial charge in [0.1, 0.15) is 6.29 Å². The molecule has 30 heavy (non-hydrogen) atoms. The summed E-state index contributed by atoms with van der Waals surface area (Å²) in [5.41, 5.74) is 2.84. The van der Waals surface area contributed by atoms with Gasteiger partial charge in [-0.3, -0.25) is 14.2 Å². The van der Waals surface area contributed by atoms with Crippen LogP contribution in [-0.4, -0.2) is 35.3 Å². The first kappa shape index (κ1) is 21.6. The van der Waals surface area contributed by atoms with E-state index >= 15 is 0 Å². The average Bonchev–Trinajstić information content (AvgIpc) is 2.78. The summed E-state index contributed by atoms with van der Waals surface area (Å²) in [6.07, 6.45) is 22.1. The van der Waals surface area contributed by atoms with Crippen LogP contribution in [0.15, 0.2) is 58.7 Å². The summed E-state index contributed by atoms with van der Waals surface area (Å²) in [6, 6.07) is 0.0985. The second-order valence-corrected chi connectivity index (χ2v) is 7.28. The molecule has 1 aromatic heterocycles. The normalized spacial score (nSPS) is 22.0. The van der Waals surface area contributed by atoms with Gasteiger partial charge in [0.15, 0.2) is 0 Å². The Kier molecular flexibility index (Phi) is 8.03. The minimum atomic E-state index is -0.0516. The van der Waals surface area contributed by atoms with Crippen molar-refractivity contribution >= 4 is 24.7 Å². The molecule has 3 rings (SSSR count). The van der Waals surface area contributed by atoms with Crippen molar-refractivity contribution in [1.82, 2.24) is 9.55 Å². The van der Waals surface area contributed by atoms with Crippen molar-refractivity contribution < 1.29 is 9.53 Å². The van der Waals surface area contributed by atoms with Crippen molar-refractivity contribution in [3.8, 4) is 0 Å². The zero-order chi connectivity index (χ0) is 21.2. The molecule has 0 unspecified atom stereocenters. The quantitative estimate of drug-likeness (QED) is 0.335. The van der Waals surface area contributed by atoms with E-state index in [1.54, 1.807) is 23.0 Å². The van der Waals surface area contributed by atoms with E-state index in [0.717, 1.165) is 36.8 Å². The van der Waals surface area contributed by atoms with Crippen molar-refractivity contribution in [2.75, 3.05) is 13.2 Å². The zero-order valence-corrected chi connectivity index (χ0v) is 17.0. The number of aromatic nitrogens is 2. The maximum absolute atomic E-state index is 13.4. The van der Waals surface area contributed by atoms with E-state index in [0.29, 0.717) is 37.2 Å². The predicted molar refractivity (Wildman–Crippen MR) is 120 cm³/mol. The molecule has 0 amide bonds. The Balaban J connectivity index is 2.04. The van der Waals surface area contributed by atoms with Crippen molar-refractivity contribution in [3.05, 3.63) is 75.5 Å². The van der Waals surface area contributed by atoms with Crippen LogP contribution in [0.25, 0.3) is 12.2 Å².